The van der Waals surface area contributed by atoms with Crippen molar-refractivity contribution in [2.24, 2.45) is 0 Å². The van der Waals surface area contributed by atoms with E-state index < -0.39 is 0 Å². The first-order chi connectivity index (χ1) is 21.9. The van der Waals surface area contributed by atoms with Gasteiger partial charge in [-0.1, -0.05) is 84.3 Å². The van der Waals surface area contributed by atoms with Crippen LogP contribution in [0.5, 0.6) is 23.0 Å². The predicted octanol–water partition coefficient (Wildman–Crippen LogP) is 3.55. The van der Waals surface area contributed by atoms with Gasteiger partial charge in [0.15, 0.2) is 0 Å². The molecule has 4 rings (SSSR count). The van der Waals surface area contributed by atoms with E-state index in [-0.39, 0.29) is 50.3 Å². The van der Waals surface area contributed by atoms with Crippen molar-refractivity contribution in [1.29, 1.82) is 0 Å². The molecule has 0 aliphatic heterocycles. The Hall–Kier alpha value is -4.14. The van der Waals surface area contributed by atoms with Gasteiger partial charge in [-0.2, -0.15) is 0 Å². The SMILES string of the molecule is CN(C)C=O.CN(C)C=O.CN(CCN(C)Cc1cccc(-c2ccccc2O)c1[O-])Cc1cccc(-c2ccccc2O)c1[O-].[Cd+2]. The first-order valence-corrected chi connectivity index (χ1v) is 14.6. The number of phenols is 2. The summed E-state index contributed by atoms with van der Waals surface area (Å²) < 4.78 is 0. The van der Waals surface area contributed by atoms with Gasteiger partial charge in [-0.3, -0.25) is 9.59 Å². The fraction of sp³-hybridized carbons (Fsp3) is 0.278. The zero-order valence-corrected chi connectivity index (χ0v) is 32.1. The van der Waals surface area contributed by atoms with Gasteiger partial charge in [-0.15, -0.1) is 0 Å². The fourth-order valence-corrected chi connectivity index (χ4v) is 4.33. The maximum absolute atomic E-state index is 13.0. The van der Waals surface area contributed by atoms with Gasteiger partial charge in [-0.25, -0.2) is 0 Å². The number of hydrogen-bond donors (Lipinski definition) is 2. The zero-order valence-electron chi connectivity index (χ0n) is 28.1. The van der Waals surface area contributed by atoms with E-state index >= 15 is 0 Å². The Morgan fingerprint density at radius 1 is 0.532 bits per heavy atom. The van der Waals surface area contributed by atoms with Crippen LogP contribution in [0.15, 0.2) is 84.9 Å². The molecule has 0 heterocycles. The normalized spacial score (nSPS) is 10.1. The molecule has 2 N–H and O–H groups in total. The maximum atomic E-state index is 13.0. The summed E-state index contributed by atoms with van der Waals surface area (Å²) in [6.45, 7) is 2.35. The van der Waals surface area contributed by atoms with Gasteiger partial charge in [0, 0.05) is 65.5 Å². The van der Waals surface area contributed by atoms with Crippen molar-refractivity contribution in [2.75, 3.05) is 55.4 Å². The minimum absolute atomic E-state index is 0. The number of rotatable bonds is 11. The molecule has 47 heavy (non-hydrogen) atoms. The van der Waals surface area contributed by atoms with Gasteiger partial charge in [0.25, 0.3) is 0 Å². The van der Waals surface area contributed by atoms with Crippen LogP contribution >= 0.6 is 0 Å². The standard InChI is InChI=1S/C30H32N2O4.2C3H7NO.Cd/c1-31(19-21-9-7-13-25(29(21)35)23-11-3-5-15-27(23)33)17-18-32(2)20-22-10-8-14-26(30(22)36)24-12-4-6-16-28(24)34;2*1-4(2)3-5;/h3-16,33-36H,17-20H2,1-2H3;2*3H,1-2H3;/q;;;+2/p-2. The van der Waals surface area contributed by atoms with Crippen LogP contribution in [0, 0.1) is 0 Å². The summed E-state index contributed by atoms with van der Waals surface area (Å²) in [5, 5.41) is 46.4. The van der Waals surface area contributed by atoms with E-state index in [1.54, 1.807) is 88.9 Å². The molecular formula is C36H44CdN4O6. The molecule has 2 amide bonds. The van der Waals surface area contributed by atoms with Gasteiger partial charge >= 0.3 is 27.3 Å². The van der Waals surface area contributed by atoms with Crippen LogP contribution in [0.2, 0.25) is 0 Å². The molecule has 246 valence electrons. The van der Waals surface area contributed by atoms with Crippen LogP contribution in [0.25, 0.3) is 22.3 Å². The number of aromatic hydroxyl groups is 2. The average molecular weight is 741 g/mol. The van der Waals surface area contributed by atoms with Gasteiger partial charge < -0.3 is 40.0 Å². The molecule has 0 aromatic heterocycles. The molecule has 0 saturated carbocycles. The van der Waals surface area contributed by atoms with E-state index in [9.17, 15) is 30.0 Å². The first kappa shape index (κ1) is 40.9. The third-order valence-corrected chi connectivity index (χ3v) is 6.75. The fourth-order valence-electron chi connectivity index (χ4n) is 4.33. The van der Waals surface area contributed by atoms with Gasteiger partial charge in [-0.05, 0) is 48.5 Å². The predicted molar refractivity (Wildman–Crippen MR) is 178 cm³/mol. The summed E-state index contributed by atoms with van der Waals surface area (Å²) in [5.41, 5.74) is 3.38. The van der Waals surface area contributed by atoms with Crippen molar-refractivity contribution in [2.45, 2.75) is 13.1 Å². The Kier molecular flexibility index (Phi) is 18.2. The Balaban J connectivity index is 0.000000878. The minimum atomic E-state index is -0.0869. The molecule has 0 spiro atoms. The van der Waals surface area contributed by atoms with Crippen molar-refractivity contribution in [1.82, 2.24) is 19.6 Å². The van der Waals surface area contributed by atoms with Crippen LogP contribution in [-0.4, -0.2) is 98.0 Å². The average Bonchev–Trinajstić information content (AvgIpc) is 3.03. The molecule has 11 heteroatoms. The van der Waals surface area contributed by atoms with Crippen molar-refractivity contribution < 1.29 is 57.3 Å². The van der Waals surface area contributed by atoms with E-state index in [4.69, 9.17) is 0 Å². The molecule has 0 fully saturated rings. The third-order valence-electron chi connectivity index (χ3n) is 6.75. The summed E-state index contributed by atoms with van der Waals surface area (Å²) in [6, 6.07) is 24.5. The topological polar surface area (TPSA) is 134 Å². The van der Waals surface area contributed by atoms with Crippen LogP contribution in [-0.2, 0) is 50.0 Å². The van der Waals surface area contributed by atoms with Crippen LogP contribution < -0.4 is 10.2 Å². The molecule has 0 atom stereocenters. The van der Waals surface area contributed by atoms with Gasteiger partial charge in [0.2, 0.25) is 12.8 Å². The van der Waals surface area contributed by atoms with Crippen LogP contribution in [0.4, 0.5) is 0 Å². The van der Waals surface area contributed by atoms with Gasteiger partial charge in [0.1, 0.15) is 11.5 Å². The summed E-state index contributed by atoms with van der Waals surface area (Å²) in [4.78, 5) is 25.9. The van der Waals surface area contributed by atoms with E-state index in [0.29, 0.717) is 59.6 Å². The summed E-state index contributed by atoms with van der Waals surface area (Å²) >= 11 is 0. The number of carbonyl (C=O) groups is 2. The molecule has 0 aliphatic carbocycles. The Labute approximate surface area is 298 Å². The summed E-state index contributed by atoms with van der Waals surface area (Å²) in [7, 11) is 10.7. The van der Waals surface area contributed by atoms with Crippen LogP contribution in [0.1, 0.15) is 11.1 Å². The molecule has 4 aromatic carbocycles. The number of benzene rings is 4. The van der Waals surface area contributed by atoms with E-state index in [1.165, 1.54) is 9.80 Å². The van der Waals surface area contributed by atoms with E-state index in [1.807, 2.05) is 38.4 Å². The molecule has 10 nitrogen and oxygen atoms in total. The molecular weight excluding hydrogens is 697 g/mol. The van der Waals surface area contributed by atoms with Crippen molar-refractivity contribution in [3.63, 3.8) is 0 Å². The van der Waals surface area contributed by atoms with E-state index in [2.05, 4.69) is 9.80 Å². The molecule has 0 radical (unpaired) electrons. The second kappa shape index (κ2) is 20.9. The maximum Gasteiger partial charge on any atom is 2.00 e. The number of likely N-dealkylation sites (N-methyl/N-ethyl adjacent to an activating group) is 2. The van der Waals surface area contributed by atoms with Gasteiger partial charge in [0.05, 0.1) is 0 Å². The Morgan fingerprint density at radius 2 is 0.830 bits per heavy atom. The number of para-hydroxylation sites is 4. The number of carbonyl (C=O) groups excluding carboxylic acids is 2. The number of amides is 2. The summed E-state index contributed by atoms with van der Waals surface area (Å²) in [5.74, 6) is 0.00407. The smallest absolute Gasteiger partial charge is 0.872 e. The van der Waals surface area contributed by atoms with Crippen molar-refractivity contribution >= 4 is 12.8 Å². The second-order valence-electron chi connectivity index (χ2n) is 11.2. The largest absolute Gasteiger partial charge is 2.00 e. The Morgan fingerprint density at radius 3 is 1.13 bits per heavy atom. The summed E-state index contributed by atoms with van der Waals surface area (Å²) in [6.07, 6.45) is 1.50. The molecule has 0 saturated heterocycles. The van der Waals surface area contributed by atoms with Crippen molar-refractivity contribution in [3.05, 3.63) is 96.1 Å². The third kappa shape index (κ3) is 13.2. The van der Waals surface area contributed by atoms with Crippen molar-refractivity contribution in [3.8, 4) is 45.3 Å². The molecule has 0 unspecified atom stereocenters. The quantitative estimate of drug-likeness (QED) is 0.176. The minimum Gasteiger partial charge on any atom is -0.872 e. The zero-order chi connectivity index (χ0) is 34.2. The molecule has 0 bridgehead atoms. The molecule has 4 aromatic rings. The monoisotopic (exact) mass is 742 g/mol. The Bertz CT molecular complexity index is 1430. The first-order valence-electron chi connectivity index (χ1n) is 14.6. The number of nitrogens with zero attached hydrogens (tertiary/aromatic N) is 4. The number of phenolic OH excluding ortho intramolecular Hbond substituents is 2. The van der Waals surface area contributed by atoms with E-state index in [0.717, 1.165) is 12.8 Å². The molecule has 0 aliphatic rings. The number of hydrogen-bond acceptors (Lipinski definition) is 8. The van der Waals surface area contributed by atoms with Crippen LogP contribution in [0.3, 0.4) is 0 Å². The second-order valence-corrected chi connectivity index (χ2v) is 11.2.